The van der Waals surface area contributed by atoms with E-state index in [2.05, 4.69) is 10.6 Å². The van der Waals surface area contributed by atoms with Crippen LogP contribution < -0.4 is 10.6 Å². The molecule has 2 aromatic rings. The van der Waals surface area contributed by atoms with Crippen LogP contribution in [0.15, 0.2) is 36.4 Å². The third-order valence-electron chi connectivity index (χ3n) is 2.93. The van der Waals surface area contributed by atoms with E-state index in [1.54, 1.807) is 38.1 Å². The minimum Gasteiger partial charge on any atom is -0.326 e. The molecule has 0 atom stereocenters. The van der Waals surface area contributed by atoms with Gasteiger partial charge in [-0.3, -0.25) is 19.7 Å². The fourth-order valence-electron chi connectivity index (χ4n) is 1.66. The number of nitrogens with zero attached hydrogens (tertiary/aromatic N) is 1. The van der Waals surface area contributed by atoms with E-state index in [9.17, 15) is 19.7 Å². The lowest BCUT2D eigenvalue weighted by atomic mass is 10.2. The van der Waals surface area contributed by atoms with E-state index in [-0.39, 0.29) is 21.7 Å². The molecular weight excluding hydrogens is 318 g/mol. The lowest BCUT2D eigenvalue weighted by Gasteiger charge is -2.09. The van der Waals surface area contributed by atoms with E-state index in [1.807, 2.05) is 0 Å². The highest BCUT2D eigenvalue weighted by molar-refractivity contribution is 7.17. The van der Waals surface area contributed by atoms with Gasteiger partial charge in [0, 0.05) is 23.4 Å². The van der Waals surface area contributed by atoms with Gasteiger partial charge in [0.2, 0.25) is 5.91 Å². The summed E-state index contributed by atoms with van der Waals surface area (Å²) in [5.74, 6) is -0.626. The molecule has 0 saturated carbocycles. The first-order valence-electron chi connectivity index (χ1n) is 6.83. The molecular formula is C15H15N3O4S. The average Bonchev–Trinajstić information content (AvgIpc) is 2.99. The van der Waals surface area contributed by atoms with Gasteiger partial charge in [-0.25, -0.2) is 0 Å². The number of hydrogen-bond donors (Lipinski definition) is 2. The molecule has 2 rings (SSSR count). The lowest BCUT2D eigenvalue weighted by Crippen LogP contribution is -2.17. The number of nitrogens with one attached hydrogen (secondary N) is 2. The minimum atomic E-state index is -0.534. The monoisotopic (exact) mass is 333 g/mol. The third-order valence-corrected chi connectivity index (χ3v) is 3.97. The molecule has 0 saturated heterocycles. The number of benzene rings is 1. The molecule has 7 nitrogen and oxygen atoms in total. The Kier molecular flexibility index (Phi) is 5.07. The summed E-state index contributed by atoms with van der Waals surface area (Å²) in [7, 11) is 0. The van der Waals surface area contributed by atoms with Crippen LogP contribution in [0.25, 0.3) is 0 Å². The van der Waals surface area contributed by atoms with Crippen LogP contribution in [0.2, 0.25) is 0 Å². The number of hydrogen-bond acceptors (Lipinski definition) is 5. The molecule has 0 fully saturated rings. The first kappa shape index (κ1) is 16.6. The highest BCUT2D eigenvalue weighted by Gasteiger charge is 2.15. The molecule has 0 unspecified atom stereocenters. The molecule has 8 heteroatoms. The molecule has 120 valence electrons. The molecule has 1 heterocycles. The zero-order valence-corrected chi connectivity index (χ0v) is 13.3. The molecule has 0 bridgehead atoms. The summed E-state index contributed by atoms with van der Waals surface area (Å²) < 4.78 is 0. The topological polar surface area (TPSA) is 101 Å². The number of carbonyl (C=O) groups excluding carboxylic acids is 2. The van der Waals surface area contributed by atoms with E-state index < -0.39 is 10.8 Å². The number of carbonyl (C=O) groups is 2. The second-order valence-electron chi connectivity index (χ2n) is 5.07. The first-order chi connectivity index (χ1) is 10.9. The smallest absolute Gasteiger partial charge is 0.324 e. The number of nitro groups is 1. The molecule has 2 amide bonds. The summed E-state index contributed by atoms with van der Waals surface area (Å²) in [6.45, 7) is 3.59. The number of thiophene rings is 1. The van der Waals surface area contributed by atoms with Crippen LogP contribution in [-0.4, -0.2) is 16.7 Å². The molecule has 0 aliphatic heterocycles. The molecule has 23 heavy (non-hydrogen) atoms. The molecule has 1 aromatic heterocycles. The van der Waals surface area contributed by atoms with Crippen LogP contribution in [-0.2, 0) is 4.79 Å². The van der Waals surface area contributed by atoms with Crippen LogP contribution in [0.5, 0.6) is 0 Å². The van der Waals surface area contributed by atoms with Crippen LogP contribution in [0.1, 0.15) is 23.5 Å². The van der Waals surface area contributed by atoms with E-state index in [4.69, 9.17) is 0 Å². The Morgan fingerprint density at radius 2 is 1.61 bits per heavy atom. The second-order valence-corrected chi connectivity index (χ2v) is 6.13. The van der Waals surface area contributed by atoms with Crippen LogP contribution in [0, 0.1) is 16.0 Å². The molecule has 0 aliphatic carbocycles. The minimum absolute atomic E-state index is 0.0816. The van der Waals surface area contributed by atoms with Gasteiger partial charge in [-0.1, -0.05) is 25.2 Å². The molecule has 0 radical (unpaired) electrons. The van der Waals surface area contributed by atoms with Gasteiger partial charge in [0.1, 0.15) is 0 Å². The summed E-state index contributed by atoms with van der Waals surface area (Å²) in [6.07, 6.45) is 0. The Morgan fingerprint density at radius 3 is 2.09 bits per heavy atom. The van der Waals surface area contributed by atoms with Gasteiger partial charge in [0.25, 0.3) is 5.91 Å². The Balaban J connectivity index is 2.01. The predicted molar refractivity (Wildman–Crippen MR) is 88.8 cm³/mol. The Morgan fingerprint density at radius 1 is 1.04 bits per heavy atom. The van der Waals surface area contributed by atoms with Gasteiger partial charge in [0.05, 0.1) is 9.80 Å². The highest BCUT2D eigenvalue weighted by Crippen LogP contribution is 2.25. The Labute approximate surface area is 136 Å². The quantitative estimate of drug-likeness (QED) is 0.646. The van der Waals surface area contributed by atoms with Crippen molar-refractivity contribution in [3.05, 3.63) is 51.4 Å². The van der Waals surface area contributed by atoms with Crippen molar-refractivity contribution in [2.75, 3.05) is 10.6 Å². The molecule has 0 spiro atoms. The van der Waals surface area contributed by atoms with E-state index >= 15 is 0 Å². The van der Waals surface area contributed by atoms with Crippen LogP contribution in [0.3, 0.4) is 0 Å². The maximum Gasteiger partial charge on any atom is 0.324 e. The zero-order chi connectivity index (χ0) is 17.0. The maximum absolute atomic E-state index is 12.0. The number of rotatable bonds is 5. The van der Waals surface area contributed by atoms with Crippen LogP contribution >= 0.6 is 11.3 Å². The fraction of sp³-hybridized carbons (Fsp3) is 0.200. The van der Waals surface area contributed by atoms with Gasteiger partial charge >= 0.3 is 5.00 Å². The summed E-state index contributed by atoms with van der Waals surface area (Å²) in [5.41, 5.74) is 1.17. The Hall–Kier alpha value is -2.74. The number of anilines is 2. The molecule has 2 N–H and O–H groups in total. The predicted octanol–water partition coefficient (Wildman–Crippen LogP) is 3.50. The first-order valence-corrected chi connectivity index (χ1v) is 7.65. The van der Waals surface area contributed by atoms with Crippen molar-refractivity contribution in [1.82, 2.24) is 0 Å². The lowest BCUT2D eigenvalue weighted by molar-refractivity contribution is -0.380. The molecule has 0 aliphatic rings. The fourth-order valence-corrected chi connectivity index (χ4v) is 2.38. The Bertz CT molecular complexity index is 737. The van der Waals surface area contributed by atoms with Gasteiger partial charge in [0.15, 0.2) is 0 Å². The second kappa shape index (κ2) is 7.01. The summed E-state index contributed by atoms with van der Waals surface area (Å²) in [4.78, 5) is 33.9. The summed E-state index contributed by atoms with van der Waals surface area (Å²) in [5, 5.41) is 15.9. The van der Waals surface area contributed by atoms with Crippen molar-refractivity contribution in [3.8, 4) is 0 Å². The van der Waals surface area contributed by atoms with Crippen molar-refractivity contribution >= 4 is 39.5 Å². The largest absolute Gasteiger partial charge is 0.326 e. The third kappa shape index (κ3) is 4.36. The summed E-state index contributed by atoms with van der Waals surface area (Å²) in [6, 6.07) is 9.35. The van der Waals surface area contributed by atoms with E-state index in [0.717, 1.165) is 11.3 Å². The normalized spacial score (nSPS) is 10.4. The van der Waals surface area contributed by atoms with Gasteiger partial charge in [-0.2, -0.15) is 0 Å². The summed E-state index contributed by atoms with van der Waals surface area (Å²) >= 11 is 0.815. The van der Waals surface area contributed by atoms with E-state index in [0.29, 0.717) is 11.4 Å². The van der Waals surface area contributed by atoms with Gasteiger partial charge in [-0.15, -0.1) is 0 Å². The van der Waals surface area contributed by atoms with Crippen molar-refractivity contribution in [2.45, 2.75) is 13.8 Å². The van der Waals surface area contributed by atoms with Crippen LogP contribution in [0.4, 0.5) is 16.4 Å². The van der Waals surface area contributed by atoms with Crippen molar-refractivity contribution in [2.24, 2.45) is 5.92 Å². The highest BCUT2D eigenvalue weighted by atomic mass is 32.1. The van der Waals surface area contributed by atoms with Gasteiger partial charge in [-0.05, 0) is 30.3 Å². The zero-order valence-electron chi connectivity index (χ0n) is 12.5. The van der Waals surface area contributed by atoms with Crippen molar-refractivity contribution < 1.29 is 14.5 Å². The van der Waals surface area contributed by atoms with Gasteiger partial charge < -0.3 is 10.6 Å². The molecule has 1 aromatic carbocycles. The number of amides is 2. The standard InChI is InChI=1S/C15H15N3O4S/c1-9(2)14(19)16-10-3-5-11(6-4-10)17-15(20)12-7-8-13(23-12)18(21)22/h3-9H,1-2H3,(H,16,19)(H,17,20). The van der Waals surface area contributed by atoms with Crippen molar-refractivity contribution in [3.63, 3.8) is 0 Å². The SMILES string of the molecule is CC(C)C(=O)Nc1ccc(NC(=O)c2ccc([N+](=O)[O-])s2)cc1. The average molecular weight is 333 g/mol. The maximum atomic E-state index is 12.0. The van der Waals surface area contributed by atoms with Crippen molar-refractivity contribution in [1.29, 1.82) is 0 Å². The van der Waals surface area contributed by atoms with E-state index in [1.165, 1.54) is 12.1 Å².